The summed E-state index contributed by atoms with van der Waals surface area (Å²) in [5, 5.41) is 3.09. The van der Waals surface area contributed by atoms with Gasteiger partial charge in [0.15, 0.2) is 0 Å². The van der Waals surface area contributed by atoms with Gasteiger partial charge >= 0.3 is 0 Å². The van der Waals surface area contributed by atoms with Crippen LogP contribution in [0.15, 0.2) is 66.7 Å². The lowest BCUT2D eigenvalue weighted by Crippen LogP contribution is -2.30. The van der Waals surface area contributed by atoms with Crippen LogP contribution in [0.2, 0.25) is 0 Å². The van der Waals surface area contributed by atoms with E-state index in [0.717, 1.165) is 28.9 Å². The largest absolute Gasteiger partial charge is 0.496 e. The van der Waals surface area contributed by atoms with Gasteiger partial charge in [-0.3, -0.25) is 9.10 Å². The molecule has 3 rings (SSSR count). The van der Waals surface area contributed by atoms with Crippen LogP contribution in [-0.2, 0) is 16.6 Å². The molecule has 0 radical (unpaired) electrons. The summed E-state index contributed by atoms with van der Waals surface area (Å²) in [7, 11) is -1.94. The number of carbonyl (C=O) groups excluding carboxylic acids is 1. The first kappa shape index (κ1) is 27.1. The minimum Gasteiger partial charge on any atom is -0.496 e. The number of sulfonamides is 1. The Labute approximate surface area is 214 Å². The Kier molecular flexibility index (Phi) is 8.98. The Morgan fingerprint density at radius 1 is 1.00 bits per heavy atom. The molecular formula is C28H34N2O5S. The maximum Gasteiger partial charge on any atom is 0.251 e. The standard InChI is InChI=1S/C28H34N2O5S/c1-6-24(23-16-17-26(34-4)20(3)18-23)29-28(31)22-14-12-21(13-15-22)19-30(36(5,32)33)25-10-8-9-11-27(25)35-7-2/h8-18,24H,6-7,19H2,1-5H3,(H,29,31)/t24-/m0/s1. The fraction of sp³-hybridized carbons (Fsp3) is 0.321. The van der Waals surface area contributed by atoms with Gasteiger partial charge in [0.05, 0.1) is 38.2 Å². The third-order valence-corrected chi connectivity index (χ3v) is 7.04. The number of hydrogen-bond donors (Lipinski definition) is 1. The molecule has 8 heteroatoms. The van der Waals surface area contributed by atoms with Gasteiger partial charge < -0.3 is 14.8 Å². The van der Waals surface area contributed by atoms with Crippen molar-refractivity contribution in [3.63, 3.8) is 0 Å². The highest BCUT2D eigenvalue weighted by Gasteiger charge is 2.22. The minimum absolute atomic E-state index is 0.119. The predicted octanol–water partition coefficient (Wildman–Crippen LogP) is 5.25. The Morgan fingerprint density at radius 3 is 2.28 bits per heavy atom. The van der Waals surface area contributed by atoms with E-state index in [1.165, 1.54) is 10.6 Å². The van der Waals surface area contributed by atoms with Crippen molar-refractivity contribution in [2.24, 2.45) is 0 Å². The predicted molar refractivity (Wildman–Crippen MR) is 143 cm³/mol. The van der Waals surface area contributed by atoms with Gasteiger partial charge in [-0.15, -0.1) is 0 Å². The highest BCUT2D eigenvalue weighted by atomic mass is 32.2. The lowest BCUT2D eigenvalue weighted by atomic mass is 10.0. The second-order valence-electron chi connectivity index (χ2n) is 8.53. The van der Waals surface area contributed by atoms with Crippen molar-refractivity contribution < 1.29 is 22.7 Å². The van der Waals surface area contributed by atoms with Crippen LogP contribution in [0.4, 0.5) is 5.69 Å². The quantitative estimate of drug-likeness (QED) is 0.381. The number of methoxy groups -OCH3 is 1. The van der Waals surface area contributed by atoms with Crippen LogP contribution in [0, 0.1) is 6.92 Å². The molecule has 1 amide bonds. The zero-order chi connectivity index (χ0) is 26.3. The maximum absolute atomic E-state index is 13.0. The van der Waals surface area contributed by atoms with Gasteiger partial charge in [0.1, 0.15) is 11.5 Å². The second kappa shape index (κ2) is 11.9. The summed E-state index contributed by atoms with van der Waals surface area (Å²) in [6, 6.07) is 19.8. The van der Waals surface area contributed by atoms with Crippen LogP contribution >= 0.6 is 0 Å². The number of nitrogens with zero attached hydrogens (tertiary/aromatic N) is 1. The average Bonchev–Trinajstić information content (AvgIpc) is 2.86. The van der Waals surface area contributed by atoms with Crippen molar-refractivity contribution >= 4 is 21.6 Å². The molecule has 0 unspecified atom stereocenters. The van der Waals surface area contributed by atoms with Gasteiger partial charge in [-0.05, 0) is 67.3 Å². The van der Waals surface area contributed by atoms with Crippen molar-refractivity contribution in [1.29, 1.82) is 0 Å². The number of aryl methyl sites for hydroxylation is 1. The zero-order valence-electron chi connectivity index (χ0n) is 21.4. The molecular weight excluding hydrogens is 476 g/mol. The smallest absolute Gasteiger partial charge is 0.251 e. The fourth-order valence-electron chi connectivity index (χ4n) is 4.03. The first-order valence-corrected chi connectivity index (χ1v) is 13.8. The number of nitrogens with one attached hydrogen (secondary N) is 1. The molecule has 7 nitrogen and oxygen atoms in total. The summed E-state index contributed by atoms with van der Waals surface area (Å²) in [6.07, 6.45) is 1.90. The first-order chi connectivity index (χ1) is 17.2. The molecule has 0 spiro atoms. The fourth-order valence-corrected chi connectivity index (χ4v) is 4.92. The van der Waals surface area contributed by atoms with Crippen LogP contribution in [0.1, 0.15) is 53.4 Å². The van der Waals surface area contributed by atoms with Crippen LogP contribution in [0.5, 0.6) is 11.5 Å². The van der Waals surface area contributed by atoms with E-state index in [-0.39, 0.29) is 18.5 Å². The van der Waals surface area contributed by atoms with E-state index >= 15 is 0 Å². The normalized spacial score (nSPS) is 12.0. The van der Waals surface area contributed by atoms with Gasteiger partial charge in [-0.2, -0.15) is 0 Å². The Morgan fingerprint density at radius 2 is 1.69 bits per heavy atom. The van der Waals surface area contributed by atoms with Crippen molar-refractivity contribution in [3.8, 4) is 11.5 Å². The molecule has 36 heavy (non-hydrogen) atoms. The van der Waals surface area contributed by atoms with Gasteiger partial charge in [-0.1, -0.05) is 43.3 Å². The molecule has 0 aliphatic heterocycles. The Hall–Kier alpha value is -3.52. The molecule has 3 aromatic rings. The number of ether oxygens (including phenoxy) is 2. The molecule has 0 aromatic heterocycles. The molecule has 192 valence electrons. The summed E-state index contributed by atoms with van der Waals surface area (Å²) in [4.78, 5) is 13.0. The molecule has 1 N–H and O–H groups in total. The second-order valence-corrected chi connectivity index (χ2v) is 10.4. The van der Waals surface area contributed by atoms with Gasteiger partial charge in [0.25, 0.3) is 5.91 Å². The SMILES string of the molecule is CCOc1ccccc1N(Cc1ccc(C(=O)N[C@@H](CC)c2ccc(OC)c(C)c2)cc1)S(C)(=O)=O. The molecule has 0 bridgehead atoms. The van der Waals surface area contributed by atoms with Gasteiger partial charge in [-0.25, -0.2) is 8.42 Å². The van der Waals surface area contributed by atoms with Gasteiger partial charge in [0, 0.05) is 5.56 Å². The van der Waals surface area contributed by atoms with E-state index in [1.54, 1.807) is 55.6 Å². The molecule has 1 atom stereocenters. The summed E-state index contributed by atoms with van der Waals surface area (Å²) in [5.41, 5.74) is 3.75. The number of hydrogen-bond acceptors (Lipinski definition) is 5. The van der Waals surface area contributed by atoms with Crippen molar-refractivity contribution in [1.82, 2.24) is 5.32 Å². The molecule has 3 aromatic carbocycles. The van der Waals surface area contributed by atoms with E-state index in [2.05, 4.69) is 5.32 Å². The zero-order valence-corrected chi connectivity index (χ0v) is 22.3. The number of amides is 1. The van der Waals surface area contributed by atoms with E-state index in [1.807, 2.05) is 39.0 Å². The Balaban J connectivity index is 1.77. The first-order valence-electron chi connectivity index (χ1n) is 11.9. The summed E-state index contributed by atoms with van der Waals surface area (Å²) < 4.78 is 37.5. The lowest BCUT2D eigenvalue weighted by Gasteiger charge is -2.25. The molecule has 0 heterocycles. The van der Waals surface area contributed by atoms with Crippen LogP contribution in [0.25, 0.3) is 0 Å². The lowest BCUT2D eigenvalue weighted by molar-refractivity contribution is 0.0935. The third-order valence-electron chi connectivity index (χ3n) is 5.91. The van der Waals surface area contributed by atoms with Crippen molar-refractivity contribution in [2.45, 2.75) is 39.8 Å². The number of anilines is 1. The van der Waals surface area contributed by atoms with Crippen LogP contribution in [-0.4, -0.2) is 34.3 Å². The molecule has 0 fully saturated rings. The third kappa shape index (κ3) is 6.57. The molecule has 0 aliphatic carbocycles. The van der Waals surface area contributed by atoms with Crippen molar-refractivity contribution in [2.75, 3.05) is 24.3 Å². The van der Waals surface area contributed by atoms with E-state index in [9.17, 15) is 13.2 Å². The highest BCUT2D eigenvalue weighted by molar-refractivity contribution is 7.92. The molecule has 0 aliphatic rings. The monoisotopic (exact) mass is 510 g/mol. The van der Waals surface area contributed by atoms with E-state index in [4.69, 9.17) is 9.47 Å². The molecule has 0 saturated heterocycles. The number of rotatable bonds is 11. The van der Waals surface area contributed by atoms with E-state index in [0.29, 0.717) is 23.6 Å². The maximum atomic E-state index is 13.0. The van der Waals surface area contributed by atoms with Crippen molar-refractivity contribution in [3.05, 3.63) is 89.0 Å². The topological polar surface area (TPSA) is 84.9 Å². The molecule has 0 saturated carbocycles. The highest BCUT2D eigenvalue weighted by Crippen LogP contribution is 2.31. The van der Waals surface area contributed by atoms with Gasteiger partial charge in [0.2, 0.25) is 10.0 Å². The number of carbonyl (C=O) groups is 1. The summed E-state index contributed by atoms with van der Waals surface area (Å²) in [5.74, 6) is 1.12. The average molecular weight is 511 g/mol. The van der Waals surface area contributed by atoms with E-state index < -0.39 is 10.0 Å². The number of para-hydroxylation sites is 2. The minimum atomic E-state index is -3.58. The Bertz CT molecular complexity index is 1290. The summed E-state index contributed by atoms with van der Waals surface area (Å²) >= 11 is 0. The summed E-state index contributed by atoms with van der Waals surface area (Å²) in [6.45, 7) is 6.39. The number of benzene rings is 3. The van der Waals surface area contributed by atoms with Crippen LogP contribution in [0.3, 0.4) is 0 Å². The van der Waals surface area contributed by atoms with Crippen LogP contribution < -0.4 is 19.1 Å².